The predicted octanol–water partition coefficient (Wildman–Crippen LogP) is 1.22. The van der Waals surface area contributed by atoms with Crippen LogP contribution in [0, 0.1) is 6.92 Å². The fourth-order valence-electron chi connectivity index (χ4n) is 2.83. The van der Waals surface area contributed by atoms with Gasteiger partial charge in [0.05, 0.1) is 24.3 Å². The van der Waals surface area contributed by atoms with Crippen molar-refractivity contribution in [3.05, 3.63) is 42.7 Å². The van der Waals surface area contributed by atoms with E-state index in [0.717, 1.165) is 18.4 Å². The maximum Gasteiger partial charge on any atom is 0.313 e. The van der Waals surface area contributed by atoms with Gasteiger partial charge >= 0.3 is 11.8 Å². The average Bonchev–Trinajstić information content (AvgIpc) is 3.21. The number of nitrogens with one attached hydrogen (secondary N) is 1. The Labute approximate surface area is 134 Å². The number of aryl methyl sites for hydroxylation is 1. The van der Waals surface area contributed by atoms with E-state index in [-0.39, 0.29) is 6.04 Å². The molecule has 0 bridgehead atoms. The number of pyridine rings is 1. The van der Waals surface area contributed by atoms with E-state index in [1.165, 1.54) is 0 Å². The Kier molecular flexibility index (Phi) is 4.36. The van der Waals surface area contributed by atoms with E-state index in [1.54, 1.807) is 35.9 Å². The summed E-state index contributed by atoms with van der Waals surface area (Å²) in [7, 11) is 0. The van der Waals surface area contributed by atoms with Gasteiger partial charge in [-0.05, 0) is 31.4 Å². The van der Waals surface area contributed by atoms with Gasteiger partial charge in [-0.2, -0.15) is 0 Å². The highest BCUT2D eigenvalue weighted by Gasteiger charge is 2.32. The van der Waals surface area contributed by atoms with E-state index in [0.29, 0.717) is 18.8 Å². The van der Waals surface area contributed by atoms with Gasteiger partial charge in [0.25, 0.3) is 0 Å². The van der Waals surface area contributed by atoms with Crippen molar-refractivity contribution in [3.8, 4) is 0 Å². The third-order valence-corrected chi connectivity index (χ3v) is 4.10. The van der Waals surface area contributed by atoms with Crippen LogP contribution in [-0.4, -0.2) is 43.8 Å². The van der Waals surface area contributed by atoms with Gasteiger partial charge in [-0.25, -0.2) is 4.98 Å². The summed E-state index contributed by atoms with van der Waals surface area (Å²) in [6.07, 6.45) is 10.3. The minimum absolute atomic E-state index is 0.0254. The van der Waals surface area contributed by atoms with Crippen LogP contribution < -0.4 is 5.32 Å². The average molecular weight is 313 g/mol. The van der Waals surface area contributed by atoms with Crippen LogP contribution in [0.15, 0.2) is 37.2 Å². The van der Waals surface area contributed by atoms with Crippen molar-refractivity contribution < 1.29 is 9.59 Å². The lowest BCUT2D eigenvalue weighted by molar-refractivity contribution is -0.143. The number of amides is 2. The summed E-state index contributed by atoms with van der Waals surface area (Å²) in [5.74, 6) is -1.10. The number of aromatic nitrogens is 3. The molecule has 0 spiro atoms. The first-order valence-electron chi connectivity index (χ1n) is 7.63. The maximum absolute atomic E-state index is 12.5. The Hall–Kier alpha value is -2.70. The molecule has 1 saturated heterocycles. The minimum atomic E-state index is -0.612. The van der Waals surface area contributed by atoms with Gasteiger partial charge in [0.2, 0.25) is 0 Å². The van der Waals surface area contributed by atoms with E-state index in [2.05, 4.69) is 15.3 Å². The molecule has 2 aromatic rings. The third-order valence-electron chi connectivity index (χ3n) is 4.10. The molecular weight excluding hydrogens is 294 g/mol. The van der Waals surface area contributed by atoms with Crippen molar-refractivity contribution in [1.82, 2.24) is 19.4 Å². The Balaban J connectivity index is 1.66. The summed E-state index contributed by atoms with van der Waals surface area (Å²) in [6.45, 7) is 3.13. The Morgan fingerprint density at radius 2 is 2.22 bits per heavy atom. The van der Waals surface area contributed by atoms with Crippen molar-refractivity contribution in [2.75, 3.05) is 11.9 Å². The zero-order valence-electron chi connectivity index (χ0n) is 13.0. The molecule has 0 radical (unpaired) electrons. The predicted molar refractivity (Wildman–Crippen MR) is 84.6 cm³/mol. The fraction of sp³-hybridized carbons (Fsp3) is 0.375. The first-order valence-corrected chi connectivity index (χ1v) is 7.63. The summed E-state index contributed by atoms with van der Waals surface area (Å²) >= 11 is 0. The highest BCUT2D eigenvalue weighted by Crippen LogP contribution is 2.20. The highest BCUT2D eigenvalue weighted by atomic mass is 16.2. The normalized spacial score (nSPS) is 17.3. The number of hydrogen-bond acceptors (Lipinski definition) is 4. The van der Waals surface area contributed by atoms with E-state index in [1.807, 2.05) is 17.7 Å². The molecule has 7 nitrogen and oxygen atoms in total. The van der Waals surface area contributed by atoms with Crippen LogP contribution in [0.25, 0.3) is 0 Å². The van der Waals surface area contributed by atoms with Crippen molar-refractivity contribution in [1.29, 1.82) is 0 Å². The van der Waals surface area contributed by atoms with Crippen molar-refractivity contribution >= 4 is 17.5 Å². The second-order valence-electron chi connectivity index (χ2n) is 5.70. The lowest BCUT2D eigenvalue weighted by Crippen LogP contribution is -2.44. The monoisotopic (exact) mass is 313 g/mol. The molecule has 0 aromatic carbocycles. The molecule has 1 fully saturated rings. The second-order valence-corrected chi connectivity index (χ2v) is 5.70. The Morgan fingerprint density at radius 3 is 2.96 bits per heavy atom. The smallest absolute Gasteiger partial charge is 0.313 e. The molecule has 23 heavy (non-hydrogen) atoms. The molecule has 2 amide bonds. The molecule has 120 valence electrons. The highest BCUT2D eigenvalue weighted by molar-refractivity contribution is 6.39. The number of likely N-dealkylation sites (tertiary alicyclic amines) is 1. The van der Waals surface area contributed by atoms with Crippen LogP contribution in [0.3, 0.4) is 0 Å². The summed E-state index contributed by atoms with van der Waals surface area (Å²) < 4.78 is 1.93. The van der Waals surface area contributed by atoms with Gasteiger partial charge in [0.15, 0.2) is 0 Å². The molecule has 0 saturated carbocycles. The number of carbonyl (C=O) groups excluding carboxylic acids is 2. The molecule has 1 aliphatic heterocycles. The van der Waals surface area contributed by atoms with Crippen molar-refractivity contribution in [3.63, 3.8) is 0 Å². The molecular formula is C16H19N5O2. The van der Waals surface area contributed by atoms with Crippen LogP contribution >= 0.6 is 0 Å². The van der Waals surface area contributed by atoms with Crippen LogP contribution in [0.5, 0.6) is 0 Å². The van der Waals surface area contributed by atoms with Gasteiger partial charge in [-0.3, -0.25) is 14.6 Å². The molecule has 3 rings (SSSR count). The molecule has 3 heterocycles. The lowest BCUT2D eigenvalue weighted by Gasteiger charge is -2.24. The van der Waals surface area contributed by atoms with E-state index >= 15 is 0 Å². The molecule has 0 unspecified atom stereocenters. The Bertz CT molecular complexity index is 698. The van der Waals surface area contributed by atoms with Gasteiger partial charge in [-0.1, -0.05) is 0 Å². The van der Waals surface area contributed by atoms with Crippen LogP contribution in [0.1, 0.15) is 18.4 Å². The van der Waals surface area contributed by atoms with Crippen LogP contribution in [-0.2, 0) is 16.1 Å². The first-order chi connectivity index (χ1) is 11.1. The molecule has 1 N–H and O–H groups in total. The number of anilines is 1. The summed E-state index contributed by atoms with van der Waals surface area (Å²) in [4.78, 5) is 34.4. The fourth-order valence-corrected chi connectivity index (χ4v) is 2.83. The summed E-state index contributed by atoms with van der Waals surface area (Å²) in [5, 5.41) is 2.65. The maximum atomic E-state index is 12.5. The number of hydrogen-bond donors (Lipinski definition) is 1. The zero-order valence-corrected chi connectivity index (χ0v) is 13.0. The number of imidazole rings is 1. The number of carbonyl (C=O) groups is 2. The number of nitrogens with zero attached hydrogens (tertiary/aromatic N) is 4. The van der Waals surface area contributed by atoms with E-state index in [4.69, 9.17) is 0 Å². The van der Waals surface area contributed by atoms with E-state index < -0.39 is 11.8 Å². The van der Waals surface area contributed by atoms with Crippen molar-refractivity contribution in [2.24, 2.45) is 0 Å². The standard InChI is InChI=1S/C16H19N5O2/c1-12-4-5-17-9-14(12)19-15(22)16(23)21-7-2-3-13(21)10-20-8-6-18-11-20/h4-6,8-9,11,13H,2-3,7,10H2,1H3,(H,19,22)/t13-/m1/s1. The SMILES string of the molecule is Cc1ccncc1NC(=O)C(=O)N1CCC[C@@H]1Cn1ccnc1. The molecule has 2 aromatic heterocycles. The zero-order chi connectivity index (χ0) is 16.2. The molecule has 7 heteroatoms. The summed E-state index contributed by atoms with van der Waals surface area (Å²) in [5.41, 5.74) is 1.44. The summed E-state index contributed by atoms with van der Waals surface area (Å²) in [6, 6.07) is 1.81. The molecule has 1 aliphatic rings. The second kappa shape index (κ2) is 6.60. The Morgan fingerprint density at radius 1 is 1.35 bits per heavy atom. The van der Waals surface area contributed by atoms with Gasteiger partial charge in [0, 0.05) is 31.7 Å². The van der Waals surface area contributed by atoms with Crippen LogP contribution in [0.4, 0.5) is 5.69 Å². The van der Waals surface area contributed by atoms with Crippen molar-refractivity contribution in [2.45, 2.75) is 32.4 Å². The topological polar surface area (TPSA) is 80.1 Å². The molecule has 0 aliphatic carbocycles. The van der Waals surface area contributed by atoms with Gasteiger partial charge in [-0.15, -0.1) is 0 Å². The quantitative estimate of drug-likeness (QED) is 0.864. The van der Waals surface area contributed by atoms with Crippen LogP contribution in [0.2, 0.25) is 0 Å². The van der Waals surface area contributed by atoms with E-state index in [9.17, 15) is 9.59 Å². The minimum Gasteiger partial charge on any atom is -0.335 e. The lowest BCUT2D eigenvalue weighted by atomic mass is 10.2. The third kappa shape index (κ3) is 3.39. The van der Waals surface area contributed by atoms with Gasteiger partial charge < -0.3 is 14.8 Å². The first kappa shape index (κ1) is 15.2. The number of rotatable bonds is 3. The largest absolute Gasteiger partial charge is 0.335 e. The van der Waals surface area contributed by atoms with Gasteiger partial charge in [0.1, 0.15) is 0 Å². The molecule has 1 atom stereocenters.